The lowest BCUT2D eigenvalue weighted by molar-refractivity contribution is -0.120. The summed E-state index contributed by atoms with van der Waals surface area (Å²) in [5.74, 6) is 0.417. The first-order chi connectivity index (χ1) is 9.56. The van der Waals surface area contributed by atoms with Crippen molar-refractivity contribution in [3.63, 3.8) is 0 Å². The zero-order chi connectivity index (χ0) is 14.5. The van der Waals surface area contributed by atoms with Crippen LogP contribution in [-0.4, -0.2) is 21.9 Å². The molecule has 0 radical (unpaired) electrons. The number of amides is 1. The Labute approximate surface area is 118 Å². The molecule has 1 atom stereocenters. The molecule has 108 valence electrons. The van der Waals surface area contributed by atoms with Crippen LogP contribution in [0.2, 0.25) is 0 Å². The molecule has 0 spiro atoms. The monoisotopic (exact) mass is 275 g/mol. The highest BCUT2D eigenvalue weighted by Crippen LogP contribution is 2.20. The zero-order valence-corrected chi connectivity index (χ0v) is 12.0. The van der Waals surface area contributed by atoms with Crippen molar-refractivity contribution in [2.75, 3.05) is 0 Å². The third-order valence-corrected chi connectivity index (χ3v) is 3.61. The predicted molar refractivity (Wildman–Crippen MR) is 77.5 cm³/mol. The van der Waals surface area contributed by atoms with Gasteiger partial charge in [-0.05, 0) is 39.5 Å². The minimum Gasteiger partial charge on any atom is -0.350 e. The SMILES string of the molecule is Cc1ncc(CC(=O)N[C@@H](C)C2=CCCCC2)c(=O)[nH]1. The smallest absolute Gasteiger partial charge is 0.254 e. The zero-order valence-electron chi connectivity index (χ0n) is 12.0. The van der Waals surface area contributed by atoms with Crippen LogP contribution in [0.4, 0.5) is 0 Å². The van der Waals surface area contributed by atoms with Gasteiger partial charge in [0.1, 0.15) is 5.82 Å². The molecular formula is C15H21N3O2. The second kappa shape index (κ2) is 6.50. The number of allylic oxidation sites excluding steroid dienone is 1. The molecule has 2 N–H and O–H groups in total. The predicted octanol–water partition coefficient (Wildman–Crippen LogP) is 1.63. The quantitative estimate of drug-likeness (QED) is 0.820. The van der Waals surface area contributed by atoms with Gasteiger partial charge >= 0.3 is 0 Å². The summed E-state index contributed by atoms with van der Waals surface area (Å²) in [5, 5.41) is 2.95. The summed E-state index contributed by atoms with van der Waals surface area (Å²) >= 11 is 0. The van der Waals surface area contributed by atoms with Gasteiger partial charge in [-0.25, -0.2) is 4.98 Å². The van der Waals surface area contributed by atoms with E-state index in [1.807, 2.05) is 6.92 Å². The van der Waals surface area contributed by atoms with Gasteiger partial charge in [0, 0.05) is 17.8 Å². The van der Waals surface area contributed by atoms with Crippen molar-refractivity contribution >= 4 is 5.91 Å². The summed E-state index contributed by atoms with van der Waals surface area (Å²) < 4.78 is 0. The lowest BCUT2D eigenvalue weighted by Gasteiger charge is -2.20. The van der Waals surface area contributed by atoms with E-state index in [2.05, 4.69) is 21.4 Å². The lowest BCUT2D eigenvalue weighted by atomic mass is 9.94. The second-order valence-corrected chi connectivity index (χ2v) is 5.31. The first kappa shape index (κ1) is 14.5. The van der Waals surface area contributed by atoms with Crippen LogP contribution in [0, 0.1) is 6.92 Å². The Balaban J connectivity index is 1.95. The summed E-state index contributed by atoms with van der Waals surface area (Å²) in [6, 6.07) is 0.0419. The van der Waals surface area contributed by atoms with Crippen molar-refractivity contribution in [3.05, 3.63) is 39.6 Å². The Morgan fingerprint density at radius 1 is 1.50 bits per heavy atom. The number of carbonyl (C=O) groups excluding carboxylic acids is 1. The van der Waals surface area contributed by atoms with E-state index in [1.54, 1.807) is 6.92 Å². The fraction of sp³-hybridized carbons (Fsp3) is 0.533. The molecule has 0 saturated carbocycles. The third-order valence-electron chi connectivity index (χ3n) is 3.61. The maximum Gasteiger partial charge on any atom is 0.254 e. The fourth-order valence-electron chi connectivity index (χ4n) is 2.45. The van der Waals surface area contributed by atoms with Gasteiger partial charge in [0.25, 0.3) is 5.56 Å². The molecule has 0 aromatic carbocycles. The van der Waals surface area contributed by atoms with Gasteiger partial charge in [0.05, 0.1) is 6.42 Å². The van der Waals surface area contributed by atoms with E-state index < -0.39 is 0 Å². The van der Waals surface area contributed by atoms with Gasteiger partial charge in [0.15, 0.2) is 0 Å². The molecule has 1 aliphatic rings. The van der Waals surface area contributed by atoms with E-state index in [1.165, 1.54) is 24.6 Å². The molecule has 5 nitrogen and oxygen atoms in total. The second-order valence-electron chi connectivity index (χ2n) is 5.31. The number of H-pyrrole nitrogens is 1. The molecule has 5 heteroatoms. The lowest BCUT2D eigenvalue weighted by Crippen LogP contribution is -2.36. The van der Waals surface area contributed by atoms with Crippen molar-refractivity contribution < 1.29 is 4.79 Å². The minimum atomic E-state index is -0.239. The maximum atomic E-state index is 12.0. The highest BCUT2D eigenvalue weighted by molar-refractivity contribution is 5.79. The number of carbonyl (C=O) groups is 1. The van der Waals surface area contributed by atoms with E-state index in [9.17, 15) is 9.59 Å². The molecular weight excluding hydrogens is 254 g/mol. The number of nitrogens with zero attached hydrogens (tertiary/aromatic N) is 1. The van der Waals surface area contributed by atoms with Crippen molar-refractivity contribution in [1.82, 2.24) is 15.3 Å². The van der Waals surface area contributed by atoms with E-state index in [-0.39, 0.29) is 23.9 Å². The minimum absolute atomic E-state index is 0.0419. The Bertz CT molecular complexity index is 575. The van der Waals surface area contributed by atoms with Crippen molar-refractivity contribution in [3.8, 4) is 0 Å². The van der Waals surface area contributed by atoms with Crippen LogP contribution in [0.1, 0.15) is 44.0 Å². The van der Waals surface area contributed by atoms with Crippen LogP contribution in [0.3, 0.4) is 0 Å². The van der Waals surface area contributed by atoms with Crippen LogP contribution in [0.25, 0.3) is 0 Å². The van der Waals surface area contributed by atoms with Gasteiger partial charge < -0.3 is 10.3 Å². The summed E-state index contributed by atoms with van der Waals surface area (Å²) in [6.45, 7) is 3.70. The number of aromatic amines is 1. The first-order valence-corrected chi connectivity index (χ1v) is 7.09. The van der Waals surface area contributed by atoms with Crippen molar-refractivity contribution in [2.45, 2.75) is 52.0 Å². The van der Waals surface area contributed by atoms with Crippen molar-refractivity contribution in [1.29, 1.82) is 0 Å². The summed E-state index contributed by atoms with van der Waals surface area (Å²) in [4.78, 5) is 30.3. The molecule has 1 aliphatic carbocycles. The van der Waals surface area contributed by atoms with E-state index in [4.69, 9.17) is 0 Å². The largest absolute Gasteiger partial charge is 0.350 e. The number of nitrogens with one attached hydrogen (secondary N) is 2. The van der Waals surface area contributed by atoms with Crippen LogP contribution in [0.5, 0.6) is 0 Å². The molecule has 1 aromatic heterocycles. The topological polar surface area (TPSA) is 74.8 Å². The van der Waals surface area contributed by atoms with Crippen LogP contribution < -0.4 is 10.9 Å². The average molecular weight is 275 g/mol. The molecule has 0 bridgehead atoms. The number of hydrogen-bond acceptors (Lipinski definition) is 3. The standard InChI is InChI=1S/C15H21N3O2/c1-10(12-6-4-3-5-7-12)17-14(19)8-13-9-16-11(2)18-15(13)20/h6,9-10H,3-5,7-8H2,1-2H3,(H,17,19)(H,16,18,20)/t10-/m0/s1. The average Bonchev–Trinajstić information content (AvgIpc) is 2.43. The number of aryl methyl sites for hydroxylation is 1. The highest BCUT2D eigenvalue weighted by atomic mass is 16.2. The third kappa shape index (κ3) is 3.79. The van der Waals surface area contributed by atoms with E-state index >= 15 is 0 Å². The summed E-state index contributed by atoms with van der Waals surface area (Å²) in [5.41, 5.74) is 1.45. The Morgan fingerprint density at radius 2 is 2.30 bits per heavy atom. The Morgan fingerprint density at radius 3 is 2.95 bits per heavy atom. The molecule has 0 saturated heterocycles. The number of aromatic nitrogens is 2. The molecule has 0 fully saturated rings. The van der Waals surface area contributed by atoms with Crippen LogP contribution >= 0.6 is 0 Å². The molecule has 0 unspecified atom stereocenters. The van der Waals surface area contributed by atoms with Crippen LogP contribution in [0.15, 0.2) is 22.6 Å². The van der Waals surface area contributed by atoms with Gasteiger partial charge in [-0.15, -0.1) is 0 Å². The maximum absolute atomic E-state index is 12.0. The van der Waals surface area contributed by atoms with Crippen molar-refractivity contribution in [2.24, 2.45) is 0 Å². The van der Waals surface area contributed by atoms with Gasteiger partial charge in [0.2, 0.25) is 5.91 Å². The fourth-order valence-corrected chi connectivity index (χ4v) is 2.45. The molecule has 1 heterocycles. The molecule has 0 aliphatic heterocycles. The van der Waals surface area contributed by atoms with Gasteiger partial charge in [-0.3, -0.25) is 9.59 Å². The van der Waals surface area contributed by atoms with E-state index in [0.717, 1.165) is 12.8 Å². The Kier molecular flexibility index (Phi) is 4.71. The summed E-state index contributed by atoms with van der Waals surface area (Å²) in [6.07, 6.45) is 8.32. The van der Waals surface area contributed by atoms with E-state index in [0.29, 0.717) is 11.4 Å². The van der Waals surface area contributed by atoms with Gasteiger partial charge in [-0.1, -0.05) is 11.6 Å². The molecule has 2 rings (SSSR count). The molecule has 1 aromatic rings. The molecule has 1 amide bonds. The Hall–Kier alpha value is -1.91. The van der Waals surface area contributed by atoms with Crippen LogP contribution in [-0.2, 0) is 11.2 Å². The first-order valence-electron chi connectivity index (χ1n) is 7.09. The summed E-state index contributed by atoms with van der Waals surface area (Å²) in [7, 11) is 0. The highest BCUT2D eigenvalue weighted by Gasteiger charge is 2.15. The number of rotatable bonds is 4. The molecule has 20 heavy (non-hydrogen) atoms. The number of hydrogen-bond donors (Lipinski definition) is 2. The van der Waals surface area contributed by atoms with Gasteiger partial charge in [-0.2, -0.15) is 0 Å². The normalized spacial score (nSPS) is 16.4.